The Labute approximate surface area is 76.1 Å². The van der Waals surface area contributed by atoms with Gasteiger partial charge in [0.15, 0.2) is 0 Å². The van der Waals surface area contributed by atoms with E-state index in [0.717, 1.165) is 12.8 Å². The Morgan fingerprint density at radius 3 is 3.08 bits per heavy atom. The summed E-state index contributed by atoms with van der Waals surface area (Å²) in [6.45, 7) is 1.33. The first-order valence-electron chi connectivity index (χ1n) is 4.48. The fourth-order valence-electron chi connectivity index (χ4n) is 1.14. The fraction of sp³-hybridized carbons (Fsp3) is 0.625. The van der Waals surface area contributed by atoms with Gasteiger partial charge in [-0.3, -0.25) is 9.48 Å². The van der Waals surface area contributed by atoms with Crippen LogP contribution in [0, 0.1) is 5.92 Å². The molecule has 1 N–H and O–H groups in total. The molecule has 1 aromatic rings. The maximum atomic E-state index is 11.2. The van der Waals surface area contributed by atoms with E-state index in [1.165, 1.54) is 0 Å². The number of amides is 1. The topological polar surface area (TPSA) is 59.8 Å². The number of aromatic nitrogens is 3. The highest BCUT2D eigenvalue weighted by molar-refractivity contribution is 5.80. The molecule has 0 saturated heterocycles. The van der Waals surface area contributed by atoms with E-state index in [0.29, 0.717) is 13.1 Å². The van der Waals surface area contributed by atoms with Crippen LogP contribution in [0.5, 0.6) is 0 Å². The molecule has 0 aliphatic heterocycles. The van der Waals surface area contributed by atoms with E-state index >= 15 is 0 Å². The van der Waals surface area contributed by atoms with Gasteiger partial charge in [-0.05, 0) is 12.8 Å². The van der Waals surface area contributed by atoms with Gasteiger partial charge in [0.2, 0.25) is 5.91 Å². The van der Waals surface area contributed by atoms with Gasteiger partial charge in [0.1, 0.15) is 0 Å². The van der Waals surface area contributed by atoms with E-state index in [1.54, 1.807) is 17.1 Å². The predicted octanol–water partition coefficient (Wildman–Crippen LogP) is -0.196. The van der Waals surface area contributed by atoms with Gasteiger partial charge in [0.05, 0.1) is 12.7 Å². The summed E-state index contributed by atoms with van der Waals surface area (Å²) >= 11 is 0. The molecule has 1 fully saturated rings. The normalized spacial score (nSPS) is 15.7. The summed E-state index contributed by atoms with van der Waals surface area (Å²) in [5.41, 5.74) is 0. The maximum absolute atomic E-state index is 11.2. The van der Waals surface area contributed by atoms with Crippen LogP contribution in [0.1, 0.15) is 12.8 Å². The maximum Gasteiger partial charge on any atom is 0.223 e. The molecule has 0 unspecified atom stereocenters. The number of carbonyl (C=O) groups excluding carboxylic acids is 1. The molecule has 5 nitrogen and oxygen atoms in total. The molecule has 0 radical (unpaired) electrons. The second-order valence-corrected chi connectivity index (χ2v) is 3.23. The Balaban J connectivity index is 1.66. The standard InChI is InChI=1S/C8H12N4O/c13-8(7-1-2-7)9-3-5-12-6-4-10-11-12/h4,6-7H,1-3,5H2,(H,9,13). The Morgan fingerprint density at radius 2 is 2.46 bits per heavy atom. The van der Waals surface area contributed by atoms with Gasteiger partial charge in [0, 0.05) is 18.7 Å². The number of hydrogen-bond acceptors (Lipinski definition) is 3. The van der Waals surface area contributed by atoms with Crippen molar-refractivity contribution < 1.29 is 4.79 Å². The summed E-state index contributed by atoms with van der Waals surface area (Å²) < 4.78 is 1.70. The van der Waals surface area contributed by atoms with Crippen LogP contribution < -0.4 is 5.32 Å². The van der Waals surface area contributed by atoms with E-state index in [-0.39, 0.29) is 11.8 Å². The first-order valence-corrected chi connectivity index (χ1v) is 4.48. The first-order chi connectivity index (χ1) is 6.36. The molecule has 5 heteroatoms. The van der Waals surface area contributed by atoms with Gasteiger partial charge >= 0.3 is 0 Å². The molecule has 1 aliphatic rings. The van der Waals surface area contributed by atoms with Crippen molar-refractivity contribution in [2.75, 3.05) is 6.54 Å². The Bertz CT molecular complexity index is 278. The van der Waals surface area contributed by atoms with E-state index < -0.39 is 0 Å². The van der Waals surface area contributed by atoms with E-state index in [1.807, 2.05) is 0 Å². The quantitative estimate of drug-likeness (QED) is 0.698. The van der Waals surface area contributed by atoms with Crippen LogP contribution in [0.15, 0.2) is 12.4 Å². The minimum Gasteiger partial charge on any atom is -0.354 e. The zero-order valence-electron chi connectivity index (χ0n) is 7.31. The molecule has 1 aliphatic carbocycles. The molecule has 0 bridgehead atoms. The minimum atomic E-state index is 0.181. The summed E-state index contributed by atoms with van der Waals surface area (Å²) in [7, 11) is 0. The van der Waals surface area contributed by atoms with E-state index in [2.05, 4.69) is 15.6 Å². The highest BCUT2D eigenvalue weighted by Crippen LogP contribution is 2.28. The van der Waals surface area contributed by atoms with Crippen LogP contribution in [0.4, 0.5) is 0 Å². The largest absolute Gasteiger partial charge is 0.354 e. The highest BCUT2D eigenvalue weighted by atomic mass is 16.2. The third kappa shape index (κ3) is 2.27. The molecule has 13 heavy (non-hydrogen) atoms. The second-order valence-electron chi connectivity index (χ2n) is 3.23. The van der Waals surface area contributed by atoms with Crippen LogP contribution in [-0.4, -0.2) is 27.4 Å². The van der Waals surface area contributed by atoms with Crippen molar-refractivity contribution in [1.82, 2.24) is 20.3 Å². The van der Waals surface area contributed by atoms with E-state index in [9.17, 15) is 4.79 Å². The molecule has 1 aromatic heterocycles. The van der Waals surface area contributed by atoms with Gasteiger partial charge in [0.25, 0.3) is 0 Å². The molecule has 1 saturated carbocycles. The van der Waals surface area contributed by atoms with Crippen molar-refractivity contribution >= 4 is 5.91 Å². The number of rotatable bonds is 4. The molecule has 0 aromatic carbocycles. The van der Waals surface area contributed by atoms with Gasteiger partial charge in [-0.15, -0.1) is 5.10 Å². The van der Waals surface area contributed by atoms with E-state index in [4.69, 9.17) is 0 Å². The third-order valence-corrected chi connectivity index (χ3v) is 2.06. The van der Waals surface area contributed by atoms with Crippen LogP contribution in [-0.2, 0) is 11.3 Å². The van der Waals surface area contributed by atoms with Crippen molar-refractivity contribution in [3.63, 3.8) is 0 Å². The zero-order chi connectivity index (χ0) is 9.10. The predicted molar refractivity (Wildman–Crippen MR) is 45.8 cm³/mol. The summed E-state index contributed by atoms with van der Waals surface area (Å²) in [4.78, 5) is 11.2. The molecular formula is C8H12N4O. The zero-order valence-corrected chi connectivity index (χ0v) is 7.31. The molecule has 0 spiro atoms. The molecule has 2 rings (SSSR count). The first kappa shape index (κ1) is 8.22. The Morgan fingerprint density at radius 1 is 1.62 bits per heavy atom. The van der Waals surface area contributed by atoms with Crippen molar-refractivity contribution in [2.24, 2.45) is 5.92 Å². The summed E-state index contributed by atoms with van der Waals surface area (Å²) in [5, 5.41) is 10.3. The lowest BCUT2D eigenvalue weighted by Crippen LogP contribution is -2.28. The molecule has 70 valence electrons. The summed E-state index contributed by atoms with van der Waals surface area (Å²) in [6.07, 6.45) is 5.51. The number of carbonyl (C=O) groups is 1. The molecule has 0 atom stereocenters. The van der Waals surface area contributed by atoms with Crippen LogP contribution in [0.2, 0.25) is 0 Å². The average Bonchev–Trinajstić information content (AvgIpc) is 2.86. The number of nitrogens with one attached hydrogen (secondary N) is 1. The third-order valence-electron chi connectivity index (χ3n) is 2.06. The highest BCUT2D eigenvalue weighted by Gasteiger charge is 2.28. The van der Waals surface area contributed by atoms with Gasteiger partial charge < -0.3 is 5.32 Å². The Hall–Kier alpha value is -1.39. The monoisotopic (exact) mass is 180 g/mol. The minimum absolute atomic E-state index is 0.181. The van der Waals surface area contributed by atoms with Gasteiger partial charge in [-0.25, -0.2) is 0 Å². The van der Waals surface area contributed by atoms with Gasteiger partial charge in [-0.2, -0.15) is 0 Å². The molecule has 1 heterocycles. The molecule has 1 amide bonds. The van der Waals surface area contributed by atoms with Crippen molar-refractivity contribution in [3.05, 3.63) is 12.4 Å². The van der Waals surface area contributed by atoms with Gasteiger partial charge in [-0.1, -0.05) is 5.21 Å². The summed E-state index contributed by atoms with van der Waals surface area (Å²) in [6, 6.07) is 0. The van der Waals surface area contributed by atoms with Crippen molar-refractivity contribution in [3.8, 4) is 0 Å². The number of hydrogen-bond donors (Lipinski definition) is 1. The molecular weight excluding hydrogens is 168 g/mol. The van der Waals surface area contributed by atoms with Crippen LogP contribution in [0.3, 0.4) is 0 Å². The van der Waals surface area contributed by atoms with Crippen molar-refractivity contribution in [1.29, 1.82) is 0 Å². The lowest BCUT2D eigenvalue weighted by atomic mass is 10.4. The van der Waals surface area contributed by atoms with Crippen LogP contribution in [0.25, 0.3) is 0 Å². The van der Waals surface area contributed by atoms with Crippen molar-refractivity contribution in [2.45, 2.75) is 19.4 Å². The second kappa shape index (κ2) is 3.55. The smallest absolute Gasteiger partial charge is 0.223 e. The summed E-state index contributed by atoms with van der Waals surface area (Å²) in [5.74, 6) is 0.468. The lowest BCUT2D eigenvalue weighted by Gasteiger charge is -2.02. The fourth-order valence-corrected chi connectivity index (χ4v) is 1.14. The Kier molecular flexibility index (Phi) is 2.25. The van der Waals surface area contributed by atoms with Crippen LogP contribution >= 0.6 is 0 Å². The SMILES string of the molecule is O=C(NCCn1ccnn1)C1CC1. The lowest BCUT2D eigenvalue weighted by molar-refractivity contribution is -0.122. The average molecular weight is 180 g/mol. The number of nitrogens with zero attached hydrogens (tertiary/aromatic N) is 3.